The van der Waals surface area contributed by atoms with Crippen LogP contribution in [0.3, 0.4) is 0 Å². The van der Waals surface area contributed by atoms with E-state index >= 15 is 0 Å². The van der Waals surface area contributed by atoms with Crippen molar-refractivity contribution in [3.05, 3.63) is 60.2 Å². The highest BCUT2D eigenvalue weighted by Gasteiger charge is 2.23. The Morgan fingerprint density at radius 2 is 1.62 bits per heavy atom. The Hall–Kier alpha value is -2.69. The third-order valence-corrected chi connectivity index (χ3v) is 4.17. The zero-order chi connectivity index (χ0) is 16.8. The molecule has 0 unspecified atom stereocenters. The third-order valence-electron chi connectivity index (χ3n) is 4.17. The number of nitrogens with zero attached hydrogens (tertiary/aromatic N) is 2. The van der Waals surface area contributed by atoms with Crippen molar-refractivity contribution >= 4 is 11.8 Å². The van der Waals surface area contributed by atoms with E-state index in [0.29, 0.717) is 19.7 Å². The van der Waals surface area contributed by atoms with E-state index in [2.05, 4.69) is 4.90 Å². The number of rotatable bonds is 4. The number of para-hydroxylation sites is 2. The lowest BCUT2D eigenvalue weighted by Gasteiger charge is -2.36. The first-order valence-corrected chi connectivity index (χ1v) is 8.11. The maximum atomic E-state index is 12.2. The summed E-state index contributed by atoms with van der Waals surface area (Å²) in [7, 11) is 1.68. The van der Waals surface area contributed by atoms with E-state index in [9.17, 15) is 4.79 Å². The van der Waals surface area contributed by atoms with Crippen LogP contribution in [0.15, 0.2) is 54.6 Å². The number of carbonyl (C=O) groups is 1. The molecule has 0 bridgehead atoms. The maximum Gasteiger partial charge on any atom is 0.410 e. The molecular formula is C19H22N2O3. The number of piperazine rings is 1. The second-order valence-corrected chi connectivity index (χ2v) is 5.69. The lowest BCUT2D eigenvalue weighted by Crippen LogP contribution is -2.49. The van der Waals surface area contributed by atoms with Gasteiger partial charge in [0.05, 0.1) is 12.8 Å². The maximum absolute atomic E-state index is 12.2. The first kappa shape index (κ1) is 16.2. The molecule has 2 aromatic rings. The highest BCUT2D eigenvalue weighted by Crippen LogP contribution is 2.28. The summed E-state index contributed by atoms with van der Waals surface area (Å²) in [5.74, 6) is 0.859. The van der Waals surface area contributed by atoms with Gasteiger partial charge in [-0.3, -0.25) is 0 Å². The van der Waals surface area contributed by atoms with Gasteiger partial charge in [-0.15, -0.1) is 0 Å². The Morgan fingerprint density at radius 1 is 0.958 bits per heavy atom. The van der Waals surface area contributed by atoms with Crippen LogP contribution < -0.4 is 9.64 Å². The van der Waals surface area contributed by atoms with Gasteiger partial charge in [0.2, 0.25) is 0 Å². The Bertz CT molecular complexity index is 667. The van der Waals surface area contributed by atoms with Gasteiger partial charge in [0.25, 0.3) is 0 Å². The predicted molar refractivity (Wildman–Crippen MR) is 93.4 cm³/mol. The van der Waals surface area contributed by atoms with Gasteiger partial charge in [-0.25, -0.2) is 4.79 Å². The molecule has 1 aliphatic rings. The number of methoxy groups -OCH3 is 1. The van der Waals surface area contributed by atoms with Gasteiger partial charge in [-0.05, 0) is 17.7 Å². The fourth-order valence-corrected chi connectivity index (χ4v) is 2.83. The second kappa shape index (κ2) is 7.73. The highest BCUT2D eigenvalue weighted by atomic mass is 16.6. The molecule has 0 atom stereocenters. The molecular weight excluding hydrogens is 304 g/mol. The van der Waals surface area contributed by atoms with Crippen LogP contribution in [-0.2, 0) is 11.3 Å². The van der Waals surface area contributed by atoms with Crippen LogP contribution >= 0.6 is 0 Å². The molecule has 1 fully saturated rings. The minimum atomic E-state index is -0.251. The molecule has 1 heterocycles. The van der Waals surface area contributed by atoms with Crippen LogP contribution in [0.4, 0.5) is 10.5 Å². The molecule has 1 aliphatic heterocycles. The Kier molecular flexibility index (Phi) is 5.21. The van der Waals surface area contributed by atoms with Crippen molar-refractivity contribution in [3.63, 3.8) is 0 Å². The standard InChI is InChI=1S/C19H22N2O3/c1-23-18-10-6-5-9-17(18)20-11-13-21(14-12-20)19(22)24-15-16-7-3-2-4-8-16/h2-10H,11-15H2,1H3. The topological polar surface area (TPSA) is 42.0 Å². The number of hydrogen-bond acceptors (Lipinski definition) is 4. The zero-order valence-electron chi connectivity index (χ0n) is 13.9. The first-order chi connectivity index (χ1) is 11.8. The van der Waals surface area contributed by atoms with Gasteiger partial charge in [-0.1, -0.05) is 42.5 Å². The largest absolute Gasteiger partial charge is 0.495 e. The highest BCUT2D eigenvalue weighted by molar-refractivity contribution is 5.68. The number of hydrogen-bond donors (Lipinski definition) is 0. The molecule has 0 spiro atoms. The van der Waals surface area contributed by atoms with Crippen molar-refractivity contribution in [2.45, 2.75) is 6.61 Å². The van der Waals surface area contributed by atoms with Gasteiger partial charge in [0, 0.05) is 26.2 Å². The Labute approximate surface area is 142 Å². The number of carbonyl (C=O) groups excluding carboxylic acids is 1. The van der Waals surface area contributed by atoms with Gasteiger partial charge in [0.15, 0.2) is 0 Å². The summed E-state index contributed by atoms with van der Waals surface area (Å²) < 4.78 is 10.8. The van der Waals surface area contributed by atoms with E-state index in [0.717, 1.165) is 30.1 Å². The molecule has 126 valence electrons. The third kappa shape index (κ3) is 3.79. The van der Waals surface area contributed by atoms with Crippen molar-refractivity contribution < 1.29 is 14.3 Å². The summed E-state index contributed by atoms with van der Waals surface area (Å²) in [6.45, 7) is 3.13. The fraction of sp³-hybridized carbons (Fsp3) is 0.316. The van der Waals surface area contributed by atoms with Gasteiger partial charge < -0.3 is 19.3 Å². The quantitative estimate of drug-likeness (QED) is 0.865. The fourth-order valence-electron chi connectivity index (χ4n) is 2.83. The van der Waals surface area contributed by atoms with E-state index in [-0.39, 0.29) is 6.09 Å². The average Bonchev–Trinajstić information content (AvgIpc) is 2.67. The summed E-state index contributed by atoms with van der Waals surface area (Å²) in [5.41, 5.74) is 2.07. The minimum absolute atomic E-state index is 0.251. The van der Waals surface area contributed by atoms with E-state index in [1.165, 1.54) is 0 Å². The van der Waals surface area contributed by atoms with Crippen LogP contribution in [0.5, 0.6) is 5.75 Å². The van der Waals surface area contributed by atoms with Gasteiger partial charge in [0.1, 0.15) is 12.4 Å². The van der Waals surface area contributed by atoms with Crippen LogP contribution in [0.25, 0.3) is 0 Å². The van der Waals surface area contributed by atoms with Crippen molar-refractivity contribution in [1.82, 2.24) is 4.90 Å². The average molecular weight is 326 g/mol. The molecule has 0 aromatic heterocycles. The summed E-state index contributed by atoms with van der Waals surface area (Å²) in [5, 5.41) is 0. The number of benzene rings is 2. The molecule has 5 heteroatoms. The molecule has 1 saturated heterocycles. The molecule has 0 saturated carbocycles. The summed E-state index contributed by atoms with van der Waals surface area (Å²) in [6, 6.07) is 17.7. The number of ether oxygens (including phenoxy) is 2. The molecule has 3 rings (SSSR count). The smallest absolute Gasteiger partial charge is 0.410 e. The molecule has 1 amide bonds. The SMILES string of the molecule is COc1ccccc1N1CCN(C(=O)OCc2ccccc2)CC1. The Morgan fingerprint density at radius 3 is 2.33 bits per heavy atom. The van der Waals surface area contributed by atoms with E-state index in [1.807, 2.05) is 54.6 Å². The second-order valence-electron chi connectivity index (χ2n) is 5.69. The lowest BCUT2D eigenvalue weighted by atomic mass is 10.2. The summed E-state index contributed by atoms with van der Waals surface area (Å²) in [6.07, 6.45) is -0.251. The van der Waals surface area contributed by atoms with Crippen molar-refractivity contribution in [3.8, 4) is 5.75 Å². The normalized spacial score (nSPS) is 14.4. The number of anilines is 1. The monoisotopic (exact) mass is 326 g/mol. The van der Waals surface area contributed by atoms with Crippen molar-refractivity contribution in [2.24, 2.45) is 0 Å². The van der Waals surface area contributed by atoms with Crippen LogP contribution in [0.1, 0.15) is 5.56 Å². The molecule has 24 heavy (non-hydrogen) atoms. The minimum Gasteiger partial charge on any atom is -0.495 e. The van der Waals surface area contributed by atoms with Crippen molar-refractivity contribution in [2.75, 3.05) is 38.2 Å². The van der Waals surface area contributed by atoms with Crippen molar-refractivity contribution in [1.29, 1.82) is 0 Å². The molecule has 0 radical (unpaired) electrons. The number of amides is 1. The van der Waals surface area contributed by atoms with E-state index in [1.54, 1.807) is 12.0 Å². The van der Waals surface area contributed by atoms with E-state index in [4.69, 9.17) is 9.47 Å². The first-order valence-electron chi connectivity index (χ1n) is 8.11. The molecule has 0 N–H and O–H groups in total. The summed E-state index contributed by atoms with van der Waals surface area (Å²) in [4.78, 5) is 16.2. The van der Waals surface area contributed by atoms with Crippen LogP contribution in [0, 0.1) is 0 Å². The lowest BCUT2D eigenvalue weighted by molar-refractivity contribution is 0.0941. The molecule has 0 aliphatic carbocycles. The van der Waals surface area contributed by atoms with Gasteiger partial charge in [-0.2, -0.15) is 0 Å². The zero-order valence-corrected chi connectivity index (χ0v) is 13.9. The molecule has 2 aromatic carbocycles. The predicted octanol–water partition coefficient (Wildman–Crippen LogP) is 3.15. The Balaban J connectivity index is 1.52. The van der Waals surface area contributed by atoms with Crippen LogP contribution in [0.2, 0.25) is 0 Å². The summed E-state index contributed by atoms with van der Waals surface area (Å²) >= 11 is 0. The van der Waals surface area contributed by atoms with Crippen LogP contribution in [-0.4, -0.2) is 44.3 Å². The van der Waals surface area contributed by atoms with Gasteiger partial charge >= 0.3 is 6.09 Å². The molecule has 5 nitrogen and oxygen atoms in total. The van der Waals surface area contributed by atoms with E-state index < -0.39 is 0 Å².